The molecule has 2 aliphatic heterocycles. The van der Waals surface area contributed by atoms with Crippen LogP contribution in [0.3, 0.4) is 0 Å². The smallest absolute Gasteiger partial charge is 1.00 e. The largest absolute Gasteiger partial charge is 4.00 e. The molecule has 4 rings (SSSR count). The summed E-state index contributed by atoms with van der Waals surface area (Å²) in [5.74, 6) is 9.43. The van der Waals surface area contributed by atoms with E-state index < -0.39 is 0 Å². The molecule has 0 aromatic carbocycles. The zero-order valence-electron chi connectivity index (χ0n) is 12.9. The van der Waals surface area contributed by atoms with Gasteiger partial charge in [0.15, 0.2) is 0 Å². The van der Waals surface area contributed by atoms with Gasteiger partial charge in [0, 0.05) is 0 Å². The molecule has 0 N–H and O–H groups in total. The van der Waals surface area contributed by atoms with E-state index in [0.29, 0.717) is 11.3 Å². The number of hydrogen-bond acceptors (Lipinski definition) is 0. The van der Waals surface area contributed by atoms with E-state index in [1.165, 1.54) is 15.7 Å². The van der Waals surface area contributed by atoms with Crippen LogP contribution in [0, 0.1) is 12.2 Å². The summed E-state index contributed by atoms with van der Waals surface area (Å²) >= 11 is 0. The fourth-order valence-electron chi connectivity index (χ4n) is 1.89. The third-order valence-electron chi connectivity index (χ3n) is 2.94. The van der Waals surface area contributed by atoms with Crippen LogP contribution in [0.2, 0.25) is 0 Å². The van der Waals surface area contributed by atoms with E-state index in [1.807, 2.05) is 0 Å². The number of rotatable bonds is 2. The van der Waals surface area contributed by atoms with Gasteiger partial charge in [-0.2, -0.15) is 12.2 Å². The van der Waals surface area contributed by atoms with Crippen molar-refractivity contribution in [3.8, 4) is 0 Å². The zero-order valence-corrected chi connectivity index (χ0v) is 24.2. The molecule has 0 saturated heterocycles. The monoisotopic (exact) mass is 590 g/mol. The SMILES string of the molecule is [C-]1=CC=CC1P1C=CP=PP1.[C-]1=CC=CC1P1C=CP=PP1.[Cl-].[Cl-].[Zr+4]. The molecule has 128 valence electrons. The van der Waals surface area contributed by atoms with Crippen molar-refractivity contribution in [2.75, 3.05) is 0 Å². The number of allylic oxidation sites excluding steroid dienone is 8. The molecule has 4 aliphatic rings. The summed E-state index contributed by atoms with van der Waals surface area (Å²) < 4.78 is 0. The average molecular weight is 592 g/mol. The van der Waals surface area contributed by atoms with E-state index in [0.717, 1.165) is 15.9 Å². The molecule has 25 heavy (non-hydrogen) atoms. The van der Waals surface area contributed by atoms with Crippen molar-refractivity contribution in [3.05, 3.63) is 71.9 Å². The van der Waals surface area contributed by atoms with Crippen LogP contribution in [0.25, 0.3) is 0 Å². The van der Waals surface area contributed by atoms with Crippen molar-refractivity contribution in [1.29, 1.82) is 0 Å². The van der Waals surface area contributed by atoms with Gasteiger partial charge in [-0.15, -0.1) is 0 Å². The zero-order chi connectivity index (χ0) is 15.0. The molecule has 6 unspecified atom stereocenters. The maximum atomic E-state index is 3.37. The summed E-state index contributed by atoms with van der Waals surface area (Å²) in [6.45, 7) is 0. The molecule has 0 amide bonds. The third-order valence-corrected chi connectivity index (χ3v) is 26.3. The maximum Gasteiger partial charge on any atom is 4.00 e. The minimum Gasteiger partial charge on any atom is -1.00 e. The second-order valence-electron chi connectivity index (χ2n) is 4.37. The summed E-state index contributed by atoms with van der Waals surface area (Å²) in [5, 5.41) is 0. The summed E-state index contributed by atoms with van der Waals surface area (Å²) in [6.07, 6.45) is 19.6. The van der Waals surface area contributed by atoms with Gasteiger partial charge in [0.05, 0.1) is 0 Å². The van der Waals surface area contributed by atoms with Crippen LogP contribution < -0.4 is 24.8 Å². The van der Waals surface area contributed by atoms with Gasteiger partial charge >= 0.3 is 26.2 Å². The van der Waals surface area contributed by atoms with Crippen LogP contribution in [0.5, 0.6) is 0 Å². The molecule has 0 aromatic rings. The summed E-state index contributed by atoms with van der Waals surface area (Å²) in [4.78, 5) is 0. The third kappa shape index (κ3) is 9.92. The van der Waals surface area contributed by atoms with E-state index in [2.05, 4.69) is 71.9 Å². The predicted octanol–water partition coefficient (Wildman–Crippen LogP) is 3.14. The van der Waals surface area contributed by atoms with Gasteiger partial charge in [-0.05, 0) is 58.4 Å². The van der Waals surface area contributed by atoms with Crippen LogP contribution in [0.15, 0.2) is 59.7 Å². The Bertz CT molecular complexity index is 548. The van der Waals surface area contributed by atoms with Gasteiger partial charge in [-0.3, -0.25) is 12.2 Å². The van der Waals surface area contributed by atoms with Crippen LogP contribution in [-0.4, -0.2) is 11.3 Å². The minimum atomic E-state index is 0. The Kier molecular flexibility index (Phi) is 18.5. The summed E-state index contributed by atoms with van der Waals surface area (Å²) in [6, 6.07) is 0. The first-order valence-corrected chi connectivity index (χ1v) is 20.1. The molecular formula is C14H14Cl2P8Zr. The Balaban J connectivity index is 0.000000411. The van der Waals surface area contributed by atoms with Crippen molar-refractivity contribution in [2.45, 2.75) is 11.3 Å². The second kappa shape index (κ2) is 16.6. The van der Waals surface area contributed by atoms with Crippen molar-refractivity contribution >= 4 is 62.0 Å². The van der Waals surface area contributed by atoms with Crippen LogP contribution >= 0.6 is 62.0 Å². The Morgan fingerprint density at radius 2 is 1.20 bits per heavy atom. The van der Waals surface area contributed by atoms with Gasteiger partial charge in [0.1, 0.15) is 0 Å². The van der Waals surface area contributed by atoms with E-state index >= 15 is 0 Å². The fraction of sp³-hybridized carbons (Fsp3) is 0.143. The van der Waals surface area contributed by atoms with Crippen LogP contribution in [0.1, 0.15) is 0 Å². The quantitative estimate of drug-likeness (QED) is 0.342. The number of hydrogen-bond donors (Lipinski definition) is 0. The molecule has 0 bridgehead atoms. The van der Waals surface area contributed by atoms with Crippen molar-refractivity contribution < 1.29 is 51.0 Å². The van der Waals surface area contributed by atoms with Crippen molar-refractivity contribution in [1.82, 2.24) is 0 Å². The molecule has 0 radical (unpaired) electrons. The predicted molar refractivity (Wildman–Crippen MR) is 118 cm³/mol. The van der Waals surface area contributed by atoms with E-state index in [4.69, 9.17) is 0 Å². The average Bonchev–Trinajstić information content (AvgIpc) is 3.31. The minimum absolute atomic E-state index is 0. The Labute approximate surface area is 194 Å². The maximum absolute atomic E-state index is 3.37. The van der Waals surface area contributed by atoms with Crippen LogP contribution in [-0.2, 0) is 26.2 Å². The summed E-state index contributed by atoms with van der Waals surface area (Å²) in [5.41, 5.74) is 1.28. The number of halogens is 2. The standard InChI is InChI=1S/2C7H7P4.2ClH.Zr/c2*1-2-4-7(3-1)11-6-5-8-9-10-11;;;/h2*1-3,5-7,10H;2*1H;/q2*-1;;;+4/p-2. The first kappa shape index (κ1) is 27.8. The van der Waals surface area contributed by atoms with Crippen LogP contribution in [0.4, 0.5) is 0 Å². The normalized spacial score (nSPS) is 33.9. The fourth-order valence-corrected chi connectivity index (χ4v) is 27.3. The summed E-state index contributed by atoms with van der Waals surface area (Å²) in [7, 11) is 8.70. The molecule has 2 aliphatic carbocycles. The first-order chi connectivity index (χ1) is 10.9. The van der Waals surface area contributed by atoms with E-state index in [1.54, 1.807) is 15.1 Å². The van der Waals surface area contributed by atoms with Crippen molar-refractivity contribution in [2.24, 2.45) is 0 Å². The van der Waals surface area contributed by atoms with Gasteiger partial charge in [0.2, 0.25) is 0 Å². The Morgan fingerprint density at radius 1 is 0.760 bits per heavy atom. The van der Waals surface area contributed by atoms with Crippen molar-refractivity contribution in [3.63, 3.8) is 0 Å². The van der Waals surface area contributed by atoms with Gasteiger partial charge < -0.3 is 24.8 Å². The molecule has 0 aromatic heterocycles. The van der Waals surface area contributed by atoms with E-state index in [9.17, 15) is 0 Å². The molecule has 0 fully saturated rings. The van der Waals surface area contributed by atoms with Gasteiger partial charge in [-0.1, -0.05) is 38.2 Å². The molecule has 0 spiro atoms. The molecule has 0 saturated carbocycles. The topological polar surface area (TPSA) is 0 Å². The van der Waals surface area contributed by atoms with Gasteiger partial charge in [-0.25, -0.2) is 24.3 Å². The Hall–Kier alpha value is 2.82. The van der Waals surface area contributed by atoms with E-state index in [-0.39, 0.29) is 66.2 Å². The molecule has 2 heterocycles. The molecular weight excluding hydrogens is 578 g/mol. The molecule has 11 heteroatoms. The Morgan fingerprint density at radius 3 is 1.48 bits per heavy atom. The first-order valence-electron chi connectivity index (χ1n) is 6.66. The molecule has 0 nitrogen and oxygen atoms in total. The van der Waals surface area contributed by atoms with Gasteiger partial charge in [0.25, 0.3) is 0 Å². The second-order valence-corrected chi connectivity index (χ2v) is 23.6. The molecule has 6 atom stereocenters.